The third-order valence-electron chi connectivity index (χ3n) is 5.54. The second-order valence-corrected chi connectivity index (χ2v) is 7.68. The first-order chi connectivity index (χ1) is 13.8. The Bertz CT molecular complexity index is 767. The molecule has 5 heteroatoms. The van der Waals surface area contributed by atoms with Crippen molar-refractivity contribution < 1.29 is 9.53 Å². The van der Waals surface area contributed by atoms with Gasteiger partial charge in [-0.05, 0) is 29.6 Å². The molecule has 0 aromatic carbocycles. The Morgan fingerprint density at radius 3 is 2.86 bits per heavy atom. The summed E-state index contributed by atoms with van der Waals surface area (Å²) in [6.07, 6.45) is 20.6. The number of carbonyl (C=O) groups excluding carboxylic acids is 1. The molecule has 1 unspecified atom stereocenters. The molecule has 0 radical (unpaired) electrons. The molecule has 2 aliphatic heterocycles. The quantitative estimate of drug-likeness (QED) is 0.798. The third kappa shape index (κ3) is 4.91. The fourth-order valence-electron chi connectivity index (χ4n) is 3.95. The summed E-state index contributed by atoms with van der Waals surface area (Å²) in [6, 6.07) is 0. The van der Waals surface area contributed by atoms with Gasteiger partial charge in [-0.2, -0.15) is 0 Å². The second-order valence-electron chi connectivity index (χ2n) is 7.68. The number of amides is 1. The van der Waals surface area contributed by atoms with Crippen LogP contribution in [0.2, 0.25) is 0 Å². The number of piperazine rings is 1. The summed E-state index contributed by atoms with van der Waals surface area (Å²) in [6.45, 7) is 6.57. The molecule has 2 saturated heterocycles. The molecule has 148 valence electrons. The second kappa shape index (κ2) is 9.22. The van der Waals surface area contributed by atoms with Crippen molar-refractivity contribution in [2.24, 2.45) is 0 Å². The molecule has 0 aromatic heterocycles. The number of rotatable bonds is 5. The van der Waals surface area contributed by atoms with Crippen LogP contribution in [0.3, 0.4) is 0 Å². The lowest BCUT2D eigenvalue weighted by Crippen LogP contribution is -2.44. The fraction of sp³-hybridized carbons (Fsp3) is 0.435. The van der Waals surface area contributed by atoms with Crippen LogP contribution in [0.25, 0.3) is 0 Å². The highest BCUT2D eigenvalue weighted by molar-refractivity contribution is 5.71. The maximum Gasteiger partial charge on any atom is 0.410 e. The third-order valence-corrected chi connectivity index (χ3v) is 5.54. The molecule has 0 bridgehead atoms. The number of nitrogens with zero attached hydrogens (tertiary/aromatic N) is 2. The maximum absolute atomic E-state index is 12.4. The van der Waals surface area contributed by atoms with E-state index in [1.807, 2.05) is 23.1 Å². The zero-order valence-electron chi connectivity index (χ0n) is 16.3. The van der Waals surface area contributed by atoms with E-state index in [9.17, 15) is 4.79 Å². The van der Waals surface area contributed by atoms with Crippen LogP contribution < -0.4 is 5.32 Å². The van der Waals surface area contributed by atoms with E-state index in [0.717, 1.165) is 51.1 Å². The van der Waals surface area contributed by atoms with E-state index in [-0.39, 0.29) is 12.2 Å². The monoisotopic (exact) mass is 379 g/mol. The average Bonchev–Trinajstić information content (AvgIpc) is 2.92. The number of ether oxygens (including phenoxy) is 1. The van der Waals surface area contributed by atoms with Gasteiger partial charge in [0.2, 0.25) is 0 Å². The lowest BCUT2D eigenvalue weighted by molar-refractivity contribution is 0.144. The number of carbonyl (C=O) groups is 1. The van der Waals surface area contributed by atoms with E-state index in [0.29, 0.717) is 13.1 Å². The minimum atomic E-state index is -0.212. The van der Waals surface area contributed by atoms with Crippen LogP contribution in [-0.4, -0.2) is 67.8 Å². The van der Waals surface area contributed by atoms with Crippen molar-refractivity contribution in [3.63, 3.8) is 0 Å². The van der Waals surface area contributed by atoms with E-state index in [1.165, 1.54) is 11.1 Å². The van der Waals surface area contributed by atoms with Crippen LogP contribution in [0.15, 0.2) is 71.4 Å². The molecule has 1 amide bonds. The Labute approximate surface area is 167 Å². The van der Waals surface area contributed by atoms with Crippen LogP contribution >= 0.6 is 0 Å². The van der Waals surface area contributed by atoms with Crippen molar-refractivity contribution in [3.05, 3.63) is 71.4 Å². The standard InChI is InChI=1S/C23H29N3O2/c27-23-26(18-22(28-23)21-8-3-1-2-4-9-21)17-20-7-5-6-19(10-11-20)16-25-14-12-24-13-15-25/h1-3,5-6,8-11,22,24H,4,7,12-18H2. The van der Waals surface area contributed by atoms with Crippen molar-refractivity contribution in [1.82, 2.24) is 15.1 Å². The molecule has 5 nitrogen and oxygen atoms in total. The molecule has 0 aromatic rings. The molecule has 1 N–H and O–H groups in total. The van der Waals surface area contributed by atoms with Gasteiger partial charge in [0.25, 0.3) is 0 Å². The summed E-state index contributed by atoms with van der Waals surface area (Å²) in [5.74, 6) is 0. The molecule has 2 aliphatic carbocycles. The molecule has 4 rings (SSSR count). The van der Waals surface area contributed by atoms with Gasteiger partial charge < -0.3 is 15.0 Å². The first-order valence-corrected chi connectivity index (χ1v) is 10.2. The van der Waals surface area contributed by atoms with Gasteiger partial charge in [0, 0.05) is 39.3 Å². The Balaban J connectivity index is 1.35. The zero-order chi connectivity index (χ0) is 19.2. The Morgan fingerprint density at radius 1 is 1.07 bits per heavy atom. The average molecular weight is 380 g/mol. The number of cyclic esters (lactones) is 1. The largest absolute Gasteiger partial charge is 0.439 e. The topological polar surface area (TPSA) is 44.8 Å². The van der Waals surface area contributed by atoms with E-state index < -0.39 is 0 Å². The van der Waals surface area contributed by atoms with E-state index in [1.54, 1.807) is 0 Å². The van der Waals surface area contributed by atoms with Crippen LogP contribution in [0.4, 0.5) is 4.79 Å². The molecule has 0 spiro atoms. The number of allylic oxidation sites excluding steroid dienone is 7. The minimum absolute atomic E-state index is 0.163. The van der Waals surface area contributed by atoms with Crippen molar-refractivity contribution in [1.29, 1.82) is 0 Å². The predicted octanol–water partition coefficient (Wildman–Crippen LogP) is 2.97. The van der Waals surface area contributed by atoms with Crippen LogP contribution in [-0.2, 0) is 4.74 Å². The fourth-order valence-corrected chi connectivity index (χ4v) is 3.95. The molecule has 2 heterocycles. The highest BCUT2D eigenvalue weighted by atomic mass is 16.6. The van der Waals surface area contributed by atoms with Crippen molar-refractivity contribution in [2.75, 3.05) is 45.8 Å². The Morgan fingerprint density at radius 2 is 1.96 bits per heavy atom. The normalized spacial score (nSPS) is 25.7. The first kappa shape index (κ1) is 19.0. The summed E-state index contributed by atoms with van der Waals surface area (Å²) in [7, 11) is 0. The lowest BCUT2D eigenvalue weighted by Gasteiger charge is -2.27. The van der Waals surface area contributed by atoms with Gasteiger partial charge in [0.1, 0.15) is 6.10 Å². The lowest BCUT2D eigenvalue weighted by atomic mass is 10.1. The van der Waals surface area contributed by atoms with E-state index in [2.05, 4.69) is 46.7 Å². The van der Waals surface area contributed by atoms with Crippen LogP contribution in [0.5, 0.6) is 0 Å². The first-order valence-electron chi connectivity index (χ1n) is 10.2. The molecule has 28 heavy (non-hydrogen) atoms. The summed E-state index contributed by atoms with van der Waals surface area (Å²) < 4.78 is 5.63. The molecule has 2 fully saturated rings. The van der Waals surface area contributed by atoms with Gasteiger partial charge in [0.05, 0.1) is 6.54 Å². The van der Waals surface area contributed by atoms with Gasteiger partial charge in [-0.15, -0.1) is 0 Å². The number of nitrogens with one attached hydrogen (secondary N) is 1. The Hall–Kier alpha value is -2.37. The Kier molecular flexibility index (Phi) is 6.24. The summed E-state index contributed by atoms with van der Waals surface area (Å²) >= 11 is 0. The van der Waals surface area contributed by atoms with Crippen molar-refractivity contribution >= 4 is 6.09 Å². The SMILES string of the molecule is O=C1OC(C2=CCC=CC=C2)CN1CC1=CC=C(CN2CCNCC2)C=CC1. The van der Waals surface area contributed by atoms with Gasteiger partial charge in [0.15, 0.2) is 0 Å². The van der Waals surface area contributed by atoms with Crippen LogP contribution in [0, 0.1) is 0 Å². The minimum Gasteiger partial charge on any atom is -0.439 e. The van der Waals surface area contributed by atoms with E-state index >= 15 is 0 Å². The number of hydrogen-bond acceptors (Lipinski definition) is 4. The van der Waals surface area contributed by atoms with Gasteiger partial charge >= 0.3 is 6.09 Å². The highest BCUT2D eigenvalue weighted by Gasteiger charge is 2.33. The molecule has 0 saturated carbocycles. The summed E-state index contributed by atoms with van der Waals surface area (Å²) in [4.78, 5) is 16.7. The van der Waals surface area contributed by atoms with Crippen molar-refractivity contribution in [3.8, 4) is 0 Å². The maximum atomic E-state index is 12.4. The van der Waals surface area contributed by atoms with E-state index in [4.69, 9.17) is 4.74 Å². The summed E-state index contributed by atoms with van der Waals surface area (Å²) in [5, 5.41) is 3.39. The van der Waals surface area contributed by atoms with Crippen LogP contribution in [0.1, 0.15) is 12.8 Å². The highest BCUT2D eigenvalue weighted by Crippen LogP contribution is 2.23. The molecular weight excluding hydrogens is 350 g/mol. The van der Waals surface area contributed by atoms with Gasteiger partial charge in [-0.1, -0.05) is 54.7 Å². The smallest absolute Gasteiger partial charge is 0.410 e. The van der Waals surface area contributed by atoms with Crippen molar-refractivity contribution in [2.45, 2.75) is 18.9 Å². The van der Waals surface area contributed by atoms with Gasteiger partial charge in [-0.25, -0.2) is 4.79 Å². The number of hydrogen-bond donors (Lipinski definition) is 1. The predicted molar refractivity (Wildman–Crippen MR) is 112 cm³/mol. The zero-order valence-corrected chi connectivity index (χ0v) is 16.3. The van der Waals surface area contributed by atoms with Gasteiger partial charge in [-0.3, -0.25) is 4.90 Å². The molecular formula is C23H29N3O2. The summed E-state index contributed by atoms with van der Waals surface area (Å²) in [5.41, 5.74) is 3.67. The molecule has 4 aliphatic rings. The molecule has 1 atom stereocenters.